The third-order valence-electron chi connectivity index (χ3n) is 1.75. The van der Waals surface area contributed by atoms with E-state index in [2.05, 4.69) is 4.98 Å². The van der Waals surface area contributed by atoms with E-state index in [1.165, 1.54) is 0 Å². The second-order valence-corrected chi connectivity index (χ2v) is 3.87. The number of rotatable bonds is 4. The number of aromatic nitrogens is 1. The van der Waals surface area contributed by atoms with Gasteiger partial charge < -0.3 is 9.53 Å². The lowest BCUT2D eigenvalue weighted by molar-refractivity contribution is -0.112. The van der Waals surface area contributed by atoms with Crippen LogP contribution in [0.5, 0.6) is 0 Å². The lowest BCUT2D eigenvalue weighted by Gasteiger charge is -1.92. The predicted molar refractivity (Wildman–Crippen MR) is 55.3 cm³/mol. The number of benzene rings is 1. The Hall–Kier alpha value is -1.26. The molecule has 0 bridgehead atoms. The number of thiazole rings is 1. The molecule has 1 heterocycles. The quantitative estimate of drug-likeness (QED) is 0.568. The molecule has 0 aliphatic heterocycles. The zero-order chi connectivity index (χ0) is 9.80. The Kier molecular flexibility index (Phi) is 2.86. The summed E-state index contributed by atoms with van der Waals surface area (Å²) in [6.07, 6.45) is 0.743. The summed E-state index contributed by atoms with van der Waals surface area (Å²) in [5.41, 5.74) is 0.988. The number of ether oxygens (including phenoxy) is 1. The molecule has 2 rings (SSSR count). The van der Waals surface area contributed by atoms with Crippen LogP contribution in [0.2, 0.25) is 0 Å². The minimum Gasteiger partial charge on any atom is -0.367 e. The monoisotopic (exact) mass is 207 g/mol. The van der Waals surface area contributed by atoms with E-state index in [-0.39, 0.29) is 6.61 Å². The highest BCUT2D eigenvalue weighted by Gasteiger charge is 2.01. The molecule has 72 valence electrons. The molecule has 0 radical (unpaired) electrons. The Morgan fingerprint density at radius 2 is 2.29 bits per heavy atom. The molecule has 0 atom stereocenters. The van der Waals surface area contributed by atoms with Crippen LogP contribution in [-0.2, 0) is 16.1 Å². The molecule has 0 saturated carbocycles. The minimum atomic E-state index is 0.135. The van der Waals surface area contributed by atoms with Crippen LogP contribution in [0.3, 0.4) is 0 Å². The molecular formula is C10H9NO2S. The van der Waals surface area contributed by atoms with Crippen molar-refractivity contribution < 1.29 is 9.53 Å². The first-order chi connectivity index (χ1) is 6.90. The van der Waals surface area contributed by atoms with Crippen molar-refractivity contribution in [2.45, 2.75) is 6.61 Å². The van der Waals surface area contributed by atoms with Crippen LogP contribution in [0, 0.1) is 0 Å². The number of hydrogen-bond donors (Lipinski definition) is 0. The first kappa shape index (κ1) is 9.30. The average molecular weight is 207 g/mol. The first-order valence-corrected chi connectivity index (χ1v) is 5.07. The third-order valence-corrected chi connectivity index (χ3v) is 2.76. The van der Waals surface area contributed by atoms with E-state index in [0.717, 1.165) is 21.5 Å². The lowest BCUT2D eigenvalue weighted by atomic mass is 10.3. The minimum absolute atomic E-state index is 0.135. The smallest absolute Gasteiger partial charge is 0.145 e. The first-order valence-electron chi connectivity index (χ1n) is 4.26. The van der Waals surface area contributed by atoms with Gasteiger partial charge in [-0.1, -0.05) is 12.1 Å². The number of carbonyl (C=O) groups is 1. The maximum absolute atomic E-state index is 10.0. The number of fused-ring (bicyclic) bond motifs is 1. The van der Waals surface area contributed by atoms with Crippen molar-refractivity contribution in [1.29, 1.82) is 0 Å². The van der Waals surface area contributed by atoms with Crippen molar-refractivity contribution in [1.82, 2.24) is 4.98 Å². The van der Waals surface area contributed by atoms with Gasteiger partial charge in [0.2, 0.25) is 0 Å². The average Bonchev–Trinajstić information content (AvgIpc) is 2.60. The molecule has 1 aromatic carbocycles. The van der Waals surface area contributed by atoms with Gasteiger partial charge in [0, 0.05) is 0 Å². The summed E-state index contributed by atoms with van der Waals surface area (Å²) in [4.78, 5) is 14.4. The van der Waals surface area contributed by atoms with Crippen LogP contribution < -0.4 is 0 Å². The molecule has 2 aromatic rings. The van der Waals surface area contributed by atoms with Crippen LogP contribution in [0.25, 0.3) is 10.2 Å². The second kappa shape index (κ2) is 4.30. The standard InChI is InChI=1S/C10H9NO2S/c12-5-6-13-7-10-11-8-3-1-2-4-9(8)14-10/h1-5H,6-7H2. The van der Waals surface area contributed by atoms with E-state index in [0.29, 0.717) is 6.61 Å². The SMILES string of the molecule is O=CCOCc1nc2ccccc2s1. The van der Waals surface area contributed by atoms with E-state index in [1.807, 2.05) is 24.3 Å². The Morgan fingerprint density at radius 3 is 3.07 bits per heavy atom. The lowest BCUT2D eigenvalue weighted by Crippen LogP contribution is -1.94. The molecule has 0 aliphatic carbocycles. The molecule has 14 heavy (non-hydrogen) atoms. The van der Waals surface area contributed by atoms with Crippen LogP contribution in [-0.4, -0.2) is 17.9 Å². The highest BCUT2D eigenvalue weighted by atomic mass is 32.1. The third kappa shape index (κ3) is 1.97. The normalized spacial score (nSPS) is 10.6. The number of hydrogen-bond acceptors (Lipinski definition) is 4. The van der Waals surface area contributed by atoms with Gasteiger partial charge in [-0.25, -0.2) is 4.98 Å². The van der Waals surface area contributed by atoms with Crippen LogP contribution >= 0.6 is 11.3 Å². The van der Waals surface area contributed by atoms with Crippen molar-refractivity contribution >= 4 is 27.8 Å². The summed E-state index contributed by atoms with van der Waals surface area (Å²) < 4.78 is 6.23. The van der Waals surface area contributed by atoms with Crippen LogP contribution in [0.4, 0.5) is 0 Å². The topological polar surface area (TPSA) is 39.2 Å². The van der Waals surface area contributed by atoms with E-state index in [9.17, 15) is 4.79 Å². The van der Waals surface area contributed by atoms with Crippen molar-refractivity contribution in [3.63, 3.8) is 0 Å². The number of para-hydroxylation sites is 1. The van der Waals surface area contributed by atoms with Gasteiger partial charge in [0.1, 0.15) is 17.9 Å². The molecule has 0 spiro atoms. The van der Waals surface area contributed by atoms with Gasteiger partial charge in [0.15, 0.2) is 0 Å². The molecule has 0 saturated heterocycles. The zero-order valence-electron chi connectivity index (χ0n) is 7.47. The maximum atomic E-state index is 10.0. The molecule has 0 N–H and O–H groups in total. The highest BCUT2D eigenvalue weighted by Crippen LogP contribution is 2.21. The molecule has 3 nitrogen and oxygen atoms in total. The summed E-state index contributed by atoms with van der Waals surface area (Å²) >= 11 is 1.60. The number of carbonyl (C=O) groups excluding carboxylic acids is 1. The summed E-state index contributed by atoms with van der Waals surface area (Å²) in [5.74, 6) is 0. The van der Waals surface area contributed by atoms with Gasteiger partial charge in [-0.3, -0.25) is 0 Å². The molecule has 1 aromatic heterocycles. The summed E-state index contributed by atoms with van der Waals surface area (Å²) in [5, 5.41) is 0.910. The van der Waals surface area contributed by atoms with Crippen molar-refractivity contribution in [3.05, 3.63) is 29.3 Å². The Morgan fingerprint density at radius 1 is 1.43 bits per heavy atom. The van der Waals surface area contributed by atoms with Gasteiger partial charge in [0.05, 0.1) is 16.8 Å². The fraction of sp³-hybridized carbons (Fsp3) is 0.200. The van der Waals surface area contributed by atoms with E-state index >= 15 is 0 Å². The van der Waals surface area contributed by atoms with E-state index in [1.54, 1.807) is 11.3 Å². The Balaban J connectivity index is 2.14. The highest BCUT2D eigenvalue weighted by molar-refractivity contribution is 7.18. The maximum Gasteiger partial charge on any atom is 0.145 e. The van der Waals surface area contributed by atoms with Crippen LogP contribution in [0.1, 0.15) is 5.01 Å². The van der Waals surface area contributed by atoms with Crippen molar-refractivity contribution in [2.24, 2.45) is 0 Å². The summed E-state index contributed by atoms with van der Waals surface area (Å²) in [6, 6.07) is 7.93. The fourth-order valence-corrected chi connectivity index (χ4v) is 2.08. The Labute approximate surface area is 85.3 Å². The fourth-order valence-electron chi connectivity index (χ4n) is 1.18. The number of nitrogens with zero attached hydrogens (tertiary/aromatic N) is 1. The van der Waals surface area contributed by atoms with Gasteiger partial charge in [-0.05, 0) is 12.1 Å². The summed E-state index contributed by atoms with van der Waals surface area (Å²) in [6.45, 7) is 0.550. The van der Waals surface area contributed by atoms with Gasteiger partial charge in [-0.15, -0.1) is 11.3 Å². The molecular weight excluding hydrogens is 198 g/mol. The molecule has 4 heteroatoms. The van der Waals surface area contributed by atoms with E-state index < -0.39 is 0 Å². The molecule has 0 amide bonds. The summed E-state index contributed by atoms with van der Waals surface area (Å²) in [7, 11) is 0. The largest absolute Gasteiger partial charge is 0.367 e. The molecule has 0 aliphatic rings. The zero-order valence-corrected chi connectivity index (χ0v) is 8.29. The van der Waals surface area contributed by atoms with E-state index in [4.69, 9.17) is 4.74 Å². The van der Waals surface area contributed by atoms with Gasteiger partial charge in [0.25, 0.3) is 0 Å². The predicted octanol–water partition coefficient (Wildman–Crippen LogP) is 2.01. The van der Waals surface area contributed by atoms with Crippen LogP contribution in [0.15, 0.2) is 24.3 Å². The number of aldehydes is 1. The van der Waals surface area contributed by atoms with Crippen molar-refractivity contribution in [3.8, 4) is 0 Å². The van der Waals surface area contributed by atoms with Gasteiger partial charge in [-0.2, -0.15) is 0 Å². The van der Waals surface area contributed by atoms with Crippen molar-refractivity contribution in [2.75, 3.05) is 6.61 Å². The molecule has 0 unspecified atom stereocenters. The van der Waals surface area contributed by atoms with Gasteiger partial charge >= 0.3 is 0 Å². The second-order valence-electron chi connectivity index (χ2n) is 2.76. The Bertz CT molecular complexity index is 405. The molecule has 0 fully saturated rings.